The van der Waals surface area contributed by atoms with Gasteiger partial charge in [0, 0.05) is 22.9 Å². The average Bonchev–Trinajstić information content (AvgIpc) is 2.96. The van der Waals surface area contributed by atoms with Gasteiger partial charge in [0.1, 0.15) is 12.6 Å². The summed E-state index contributed by atoms with van der Waals surface area (Å²) in [4.78, 5) is 1.73. The van der Waals surface area contributed by atoms with Gasteiger partial charge in [0.25, 0.3) is 0 Å². The molecule has 162 valence electrons. The van der Waals surface area contributed by atoms with Gasteiger partial charge in [0.2, 0.25) is 0 Å². The highest BCUT2D eigenvalue weighted by atomic mass is 16.3. The van der Waals surface area contributed by atoms with Crippen LogP contribution in [0.4, 0.5) is 0 Å². The van der Waals surface area contributed by atoms with Gasteiger partial charge in [0.15, 0.2) is 0 Å². The molecule has 1 unspecified atom stereocenters. The van der Waals surface area contributed by atoms with Crippen LogP contribution >= 0.6 is 0 Å². The van der Waals surface area contributed by atoms with Gasteiger partial charge in [0.05, 0.1) is 24.4 Å². The number of quaternary nitrogens is 1. The van der Waals surface area contributed by atoms with Gasteiger partial charge >= 0.3 is 0 Å². The molecule has 1 aliphatic heterocycles. The summed E-state index contributed by atoms with van der Waals surface area (Å²) in [7, 11) is 0. The third-order valence-electron chi connectivity index (χ3n) is 8.35. The maximum absolute atomic E-state index is 11.5. The highest BCUT2D eigenvalue weighted by Gasteiger charge is 2.38. The van der Waals surface area contributed by atoms with Crippen molar-refractivity contribution in [2.24, 2.45) is 0 Å². The van der Waals surface area contributed by atoms with E-state index in [9.17, 15) is 5.11 Å². The van der Waals surface area contributed by atoms with Crippen LogP contribution in [-0.2, 0) is 25.1 Å². The first kappa shape index (κ1) is 19.6. The van der Waals surface area contributed by atoms with Crippen molar-refractivity contribution in [3.8, 4) is 0 Å². The molecule has 3 heteroatoms. The molecule has 2 N–H and O–H groups in total. The van der Waals surface area contributed by atoms with Crippen molar-refractivity contribution < 1.29 is 10.0 Å². The van der Waals surface area contributed by atoms with Gasteiger partial charge < -0.3 is 14.6 Å². The Labute approximate surface area is 185 Å². The first-order chi connectivity index (χ1) is 15.2. The minimum absolute atomic E-state index is 0.606. The Kier molecular flexibility index (Phi) is 4.92. The summed E-state index contributed by atoms with van der Waals surface area (Å²) in [6, 6.07) is 18.6. The summed E-state index contributed by atoms with van der Waals surface area (Å²) in [5.74, 6) is 0. The lowest BCUT2D eigenvalue weighted by atomic mass is 9.84. The Balaban J connectivity index is 1.40. The molecule has 3 aromatic rings. The summed E-state index contributed by atoms with van der Waals surface area (Å²) in [5, 5.41) is 12.9. The molecule has 1 fully saturated rings. The Morgan fingerprint density at radius 2 is 1.77 bits per heavy atom. The average molecular weight is 416 g/mol. The van der Waals surface area contributed by atoms with Crippen LogP contribution in [0.2, 0.25) is 0 Å². The highest BCUT2D eigenvalue weighted by Crippen LogP contribution is 2.41. The van der Waals surface area contributed by atoms with E-state index in [1.807, 2.05) is 0 Å². The lowest BCUT2D eigenvalue weighted by Gasteiger charge is -2.37. The smallest absolute Gasteiger partial charge is 0.129 e. The first-order valence-corrected chi connectivity index (χ1v) is 12.5. The van der Waals surface area contributed by atoms with Crippen molar-refractivity contribution in [2.45, 2.75) is 82.5 Å². The van der Waals surface area contributed by atoms with Gasteiger partial charge in [-0.1, -0.05) is 62.1 Å². The Hall–Kier alpha value is -2.10. The van der Waals surface area contributed by atoms with Gasteiger partial charge in [-0.25, -0.2) is 0 Å². The number of nitrogens with zero attached hydrogens (tertiary/aromatic N) is 1. The molecule has 1 aromatic heterocycles. The minimum atomic E-state index is -0.626. The maximum Gasteiger partial charge on any atom is 0.129 e. The molecule has 3 aliphatic rings. The van der Waals surface area contributed by atoms with E-state index >= 15 is 0 Å². The summed E-state index contributed by atoms with van der Waals surface area (Å²) < 4.78 is 2.63. The number of aryl methyl sites for hydroxylation is 1. The van der Waals surface area contributed by atoms with Gasteiger partial charge in [-0.15, -0.1) is 0 Å². The van der Waals surface area contributed by atoms with Crippen LogP contribution in [0.15, 0.2) is 48.5 Å². The van der Waals surface area contributed by atoms with E-state index in [1.54, 1.807) is 16.2 Å². The zero-order valence-electron chi connectivity index (χ0n) is 18.6. The first-order valence-electron chi connectivity index (χ1n) is 12.5. The topological polar surface area (TPSA) is 29.6 Å². The van der Waals surface area contributed by atoms with Gasteiger partial charge in [-0.3, -0.25) is 0 Å². The van der Waals surface area contributed by atoms with E-state index in [4.69, 9.17) is 0 Å². The summed E-state index contributed by atoms with van der Waals surface area (Å²) in [6.07, 6.45) is 10.4. The third-order valence-corrected chi connectivity index (χ3v) is 8.35. The van der Waals surface area contributed by atoms with Crippen molar-refractivity contribution in [1.82, 2.24) is 4.57 Å². The number of hydrogen-bond donors (Lipinski definition) is 2. The Morgan fingerprint density at radius 1 is 0.968 bits per heavy atom. The van der Waals surface area contributed by atoms with E-state index < -0.39 is 5.60 Å². The zero-order chi connectivity index (χ0) is 20.8. The molecule has 0 spiro atoms. The number of benzene rings is 2. The number of aromatic nitrogens is 1. The van der Waals surface area contributed by atoms with Crippen molar-refractivity contribution >= 4 is 10.9 Å². The molecule has 2 aliphatic carbocycles. The molecule has 2 atom stereocenters. The van der Waals surface area contributed by atoms with Gasteiger partial charge in [-0.05, 0) is 48.9 Å². The number of aliphatic hydroxyl groups is 1. The van der Waals surface area contributed by atoms with Crippen molar-refractivity contribution in [3.05, 3.63) is 70.9 Å². The second kappa shape index (κ2) is 7.79. The molecule has 6 rings (SSSR count). The fourth-order valence-electron chi connectivity index (χ4n) is 6.75. The predicted octanol–water partition coefficient (Wildman–Crippen LogP) is 4.66. The van der Waals surface area contributed by atoms with Crippen LogP contribution in [0.5, 0.6) is 0 Å². The Morgan fingerprint density at radius 3 is 2.58 bits per heavy atom. The fourth-order valence-corrected chi connectivity index (χ4v) is 6.75. The van der Waals surface area contributed by atoms with E-state index in [0.29, 0.717) is 6.04 Å². The van der Waals surface area contributed by atoms with Gasteiger partial charge in [-0.2, -0.15) is 0 Å². The molecule has 0 saturated heterocycles. The maximum atomic E-state index is 11.5. The molecule has 2 aromatic carbocycles. The number of rotatable bonds is 3. The molecule has 0 amide bonds. The lowest BCUT2D eigenvalue weighted by molar-refractivity contribution is -0.950. The van der Waals surface area contributed by atoms with Crippen LogP contribution in [0, 0.1) is 0 Å². The normalized spacial score (nSPS) is 25.2. The molecule has 31 heavy (non-hydrogen) atoms. The standard InChI is InChI=1S/C28H34N2O/c31-28(15-6-1-2-7-16-28)22-13-14-25-24(19-22)23-11-8-12-26-27(23)30(25)18-17-29(26)20-21-9-4-3-5-10-21/h3-5,9-10,13-14,19,26,31H,1-2,6-8,11-12,15-18,20H2/p+1/t26-/m1/s1. The van der Waals surface area contributed by atoms with Crippen molar-refractivity contribution in [3.63, 3.8) is 0 Å². The van der Waals surface area contributed by atoms with Crippen molar-refractivity contribution in [2.75, 3.05) is 6.54 Å². The zero-order valence-corrected chi connectivity index (χ0v) is 18.6. The van der Waals surface area contributed by atoms with E-state index in [2.05, 4.69) is 53.1 Å². The second-order valence-electron chi connectivity index (χ2n) is 10.2. The van der Waals surface area contributed by atoms with Crippen LogP contribution in [0.25, 0.3) is 10.9 Å². The molecule has 3 nitrogen and oxygen atoms in total. The van der Waals surface area contributed by atoms with Crippen LogP contribution < -0.4 is 4.90 Å². The van der Waals surface area contributed by atoms with E-state index in [-0.39, 0.29) is 0 Å². The Bertz CT molecular complexity index is 1080. The molecule has 1 saturated carbocycles. The number of fused-ring (bicyclic) bond motifs is 3. The molecule has 0 bridgehead atoms. The monoisotopic (exact) mass is 415 g/mol. The third kappa shape index (κ3) is 3.34. The lowest BCUT2D eigenvalue weighted by Crippen LogP contribution is -3.12. The summed E-state index contributed by atoms with van der Waals surface area (Å²) >= 11 is 0. The quantitative estimate of drug-likeness (QED) is 0.599. The van der Waals surface area contributed by atoms with Crippen molar-refractivity contribution in [1.29, 1.82) is 0 Å². The fraction of sp³-hybridized carbons (Fsp3) is 0.500. The SMILES string of the molecule is OC1(c2ccc3c(c2)c2c4n3CC[NH+](Cc3ccccc3)[C@@H]4CCC2)CCCCCC1. The largest absolute Gasteiger partial charge is 0.385 e. The minimum Gasteiger partial charge on any atom is -0.385 e. The van der Waals surface area contributed by atoms with E-state index in [1.165, 1.54) is 55.1 Å². The number of hydrogen-bond acceptors (Lipinski definition) is 1. The highest BCUT2D eigenvalue weighted by molar-refractivity contribution is 5.87. The molecule has 2 heterocycles. The van der Waals surface area contributed by atoms with Crippen LogP contribution in [-0.4, -0.2) is 16.2 Å². The molecule has 0 radical (unpaired) electrons. The van der Waals surface area contributed by atoms with Crippen LogP contribution in [0.1, 0.15) is 79.8 Å². The molecular weight excluding hydrogens is 380 g/mol. The van der Waals surface area contributed by atoms with Crippen LogP contribution in [0.3, 0.4) is 0 Å². The number of nitrogens with one attached hydrogen (secondary N) is 1. The predicted molar refractivity (Wildman–Crippen MR) is 125 cm³/mol. The van der Waals surface area contributed by atoms with E-state index in [0.717, 1.165) is 44.3 Å². The summed E-state index contributed by atoms with van der Waals surface area (Å²) in [6.45, 7) is 3.42. The molecular formula is C28H35N2O+. The second-order valence-corrected chi connectivity index (χ2v) is 10.2. The summed E-state index contributed by atoms with van der Waals surface area (Å²) in [5.41, 5.74) is 6.57.